The number of imidazole rings is 1. The normalized spacial score (nSPS) is 14.8. The van der Waals surface area contributed by atoms with Crippen molar-refractivity contribution in [3.63, 3.8) is 0 Å². The molecule has 4 atom stereocenters. The first-order valence-electron chi connectivity index (χ1n) is 18.8. The quantitative estimate of drug-likeness (QED) is 0.0276. The number of unbranched alkanes of at least 4 members (excludes halogenated alkanes) is 1. The lowest BCUT2D eigenvalue weighted by molar-refractivity contribution is -0.134. The second-order valence-corrected chi connectivity index (χ2v) is 13.6. The highest BCUT2D eigenvalue weighted by Crippen LogP contribution is 2.27. The van der Waals surface area contributed by atoms with Crippen LogP contribution in [0, 0.1) is 11.3 Å². The van der Waals surface area contributed by atoms with E-state index in [4.69, 9.17) is 16.9 Å². The van der Waals surface area contributed by atoms with Crippen molar-refractivity contribution in [1.29, 1.82) is 5.41 Å². The van der Waals surface area contributed by atoms with E-state index in [0.717, 1.165) is 31.2 Å². The van der Waals surface area contributed by atoms with Crippen molar-refractivity contribution < 1.29 is 28.8 Å². The molecular formula is C37H57N11O6. The highest BCUT2D eigenvalue weighted by molar-refractivity contribution is 5.95. The molecule has 17 heteroatoms. The number of amides is 5. The van der Waals surface area contributed by atoms with Gasteiger partial charge in [-0.2, -0.15) is 0 Å². The summed E-state index contributed by atoms with van der Waals surface area (Å²) in [6, 6.07) is 4.59. The number of carbonyl (C=O) groups excluding carboxylic acids is 6. The molecule has 296 valence electrons. The van der Waals surface area contributed by atoms with Crippen LogP contribution < -0.4 is 43.4 Å². The van der Waals surface area contributed by atoms with E-state index in [2.05, 4.69) is 41.9 Å². The van der Waals surface area contributed by atoms with Crippen LogP contribution in [0.5, 0.6) is 0 Å². The van der Waals surface area contributed by atoms with Gasteiger partial charge in [0.1, 0.15) is 30.5 Å². The maximum Gasteiger partial charge on any atom is 0.243 e. The summed E-state index contributed by atoms with van der Waals surface area (Å²) in [4.78, 5) is 86.2. The Morgan fingerprint density at radius 2 is 1.44 bits per heavy atom. The van der Waals surface area contributed by atoms with Crippen LogP contribution in [-0.2, 0) is 41.6 Å². The monoisotopic (exact) mass is 751 g/mol. The van der Waals surface area contributed by atoms with Crippen molar-refractivity contribution >= 4 is 41.8 Å². The van der Waals surface area contributed by atoms with Crippen LogP contribution in [0.3, 0.4) is 0 Å². The molecule has 0 spiro atoms. The van der Waals surface area contributed by atoms with Gasteiger partial charge in [0.25, 0.3) is 0 Å². The number of carbonyl (C=O) groups is 6. The Hall–Kier alpha value is -5.32. The van der Waals surface area contributed by atoms with Crippen LogP contribution in [-0.4, -0.2) is 95.6 Å². The molecule has 1 heterocycles. The van der Waals surface area contributed by atoms with Gasteiger partial charge in [-0.05, 0) is 63.0 Å². The van der Waals surface area contributed by atoms with E-state index in [0.29, 0.717) is 50.9 Å². The minimum Gasteiger partial charge on any atom is -0.370 e. The lowest BCUT2D eigenvalue weighted by Crippen LogP contribution is -2.59. The summed E-state index contributed by atoms with van der Waals surface area (Å²) >= 11 is 0. The summed E-state index contributed by atoms with van der Waals surface area (Å²) in [5.41, 5.74) is 12.2. The zero-order valence-electron chi connectivity index (χ0n) is 30.9. The number of aromatic nitrogens is 2. The minimum atomic E-state index is -1.23. The number of nitrogens with zero attached hydrogens (tertiary/aromatic N) is 1. The van der Waals surface area contributed by atoms with Gasteiger partial charge in [0.2, 0.25) is 29.5 Å². The summed E-state index contributed by atoms with van der Waals surface area (Å²) in [6.45, 7) is 1.14. The molecule has 1 fully saturated rings. The van der Waals surface area contributed by atoms with Gasteiger partial charge >= 0.3 is 0 Å². The van der Waals surface area contributed by atoms with Crippen molar-refractivity contribution in [2.75, 3.05) is 19.6 Å². The number of rotatable bonds is 25. The summed E-state index contributed by atoms with van der Waals surface area (Å²) in [5.74, 6) is -2.65. The standard InChI is InChI=1S/C37H57N11O6/c38-16-6-7-17-42-33(51)28(14-8-18-43-37(39)40)46-35(53)30(20-25-10-2-1-3-11-25)47-36(54)31(22-27-23-41-24-44-27)48-34(52)29(15-9-19-49)45-32(50)21-26-12-4-5-13-26/h1-3,10-11,19,23-24,26,28-31H,4-9,12-18,20-22,38H2,(H,41,44)(H,42,51)(H,45,50)(H,46,53)(H,47,54)(H,48,52)(H4,39,40,43)/t28-,29-,30+,31-/m0/s1. The van der Waals surface area contributed by atoms with E-state index in [9.17, 15) is 28.8 Å². The van der Waals surface area contributed by atoms with Gasteiger partial charge < -0.3 is 53.1 Å². The maximum atomic E-state index is 14.1. The third-order valence-electron chi connectivity index (χ3n) is 9.24. The highest BCUT2D eigenvalue weighted by Gasteiger charge is 2.32. The number of hydrogen-bond donors (Lipinski definition) is 10. The Morgan fingerprint density at radius 1 is 0.815 bits per heavy atom. The molecule has 0 unspecified atom stereocenters. The number of hydrogen-bond acceptors (Lipinski definition) is 9. The van der Waals surface area contributed by atoms with Crippen LogP contribution in [0.2, 0.25) is 0 Å². The zero-order chi connectivity index (χ0) is 39.1. The second-order valence-electron chi connectivity index (χ2n) is 13.6. The van der Waals surface area contributed by atoms with Gasteiger partial charge in [0.05, 0.1) is 12.0 Å². The van der Waals surface area contributed by atoms with Gasteiger partial charge in [0.15, 0.2) is 5.96 Å². The van der Waals surface area contributed by atoms with Crippen molar-refractivity contribution in [1.82, 2.24) is 41.9 Å². The Morgan fingerprint density at radius 3 is 2.07 bits per heavy atom. The van der Waals surface area contributed by atoms with Crippen molar-refractivity contribution in [3.05, 3.63) is 54.1 Å². The molecule has 1 aromatic heterocycles. The average Bonchev–Trinajstić information content (AvgIpc) is 3.87. The van der Waals surface area contributed by atoms with Crippen molar-refractivity contribution in [3.8, 4) is 0 Å². The third-order valence-corrected chi connectivity index (χ3v) is 9.24. The highest BCUT2D eigenvalue weighted by atomic mass is 16.2. The van der Waals surface area contributed by atoms with E-state index in [-0.39, 0.29) is 56.3 Å². The molecule has 0 aliphatic heterocycles. The van der Waals surface area contributed by atoms with Crippen LogP contribution in [0.25, 0.3) is 0 Å². The average molecular weight is 752 g/mol. The topological polar surface area (TPSA) is 279 Å². The molecule has 1 saturated carbocycles. The maximum absolute atomic E-state index is 14.1. The summed E-state index contributed by atoms with van der Waals surface area (Å²) < 4.78 is 0. The third kappa shape index (κ3) is 16.1. The molecule has 5 amide bonds. The van der Waals surface area contributed by atoms with E-state index in [1.807, 2.05) is 6.07 Å². The van der Waals surface area contributed by atoms with E-state index >= 15 is 0 Å². The fourth-order valence-electron chi connectivity index (χ4n) is 6.33. The van der Waals surface area contributed by atoms with Gasteiger partial charge in [-0.3, -0.25) is 29.4 Å². The number of guanidine groups is 1. The number of nitrogens with one attached hydrogen (secondary N) is 8. The molecule has 17 nitrogen and oxygen atoms in total. The lowest BCUT2D eigenvalue weighted by Gasteiger charge is -2.26. The van der Waals surface area contributed by atoms with E-state index < -0.39 is 47.8 Å². The zero-order valence-corrected chi connectivity index (χ0v) is 30.9. The number of nitrogens with two attached hydrogens (primary N) is 2. The van der Waals surface area contributed by atoms with Crippen molar-refractivity contribution in [2.45, 2.75) is 108 Å². The fourth-order valence-corrected chi connectivity index (χ4v) is 6.33. The molecule has 3 rings (SSSR count). The van der Waals surface area contributed by atoms with E-state index in [1.165, 1.54) is 6.33 Å². The molecule has 0 saturated heterocycles. The first kappa shape index (κ1) is 43.1. The van der Waals surface area contributed by atoms with Crippen LogP contribution in [0.1, 0.15) is 81.9 Å². The minimum absolute atomic E-state index is 0.0178. The fraction of sp³-hybridized carbons (Fsp3) is 0.568. The molecule has 1 aliphatic carbocycles. The molecular weight excluding hydrogens is 694 g/mol. The number of H-pyrrole nitrogens is 1. The first-order chi connectivity index (χ1) is 26.1. The molecule has 54 heavy (non-hydrogen) atoms. The van der Waals surface area contributed by atoms with Crippen LogP contribution in [0.4, 0.5) is 0 Å². The first-order valence-corrected chi connectivity index (χ1v) is 18.8. The van der Waals surface area contributed by atoms with Gasteiger partial charge in [-0.25, -0.2) is 4.98 Å². The molecule has 0 bridgehead atoms. The summed E-state index contributed by atoms with van der Waals surface area (Å²) in [6.07, 6.45) is 10.0. The van der Waals surface area contributed by atoms with Crippen LogP contribution >= 0.6 is 0 Å². The van der Waals surface area contributed by atoms with Gasteiger partial charge in [-0.1, -0.05) is 43.2 Å². The molecule has 12 N–H and O–H groups in total. The largest absolute Gasteiger partial charge is 0.370 e. The van der Waals surface area contributed by atoms with Gasteiger partial charge in [0, 0.05) is 45.0 Å². The molecule has 2 aromatic rings. The van der Waals surface area contributed by atoms with Gasteiger partial charge in [-0.15, -0.1) is 0 Å². The SMILES string of the molecule is N=C(N)NCCC[C@H](NC(=O)[C@@H](Cc1ccccc1)NC(=O)[C@H](Cc1c[nH]cn1)NC(=O)[C@H](CCC=O)NC(=O)CC1CCCC1)C(=O)NCCCCN. The molecule has 1 aromatic carbocycles. The lowest BCUT2D eigenvalue weighted by atomic mass is 10.0. The van der Waals surface area contributed by atoms with E-state index in [1.54, 1.807) is 30.5 Å². The Balaban J connectivity index is 1.82. The number of benzene rings is 1. The molecule has 0 radical (unpaired) electrons. The predicted molar refractivity (Wildman–Crippen MR) is 202 cm³/mol. The summed E-state index contributed by atoms with van der Waals surface area (Å²) in [5, 5.41) is 24.0. The Labute approximate surface area is 316 Å². The van der Waals surface area contributed by atoms with Crippen LogP contribution in [0.15, 0.2) is 42.9 Å². The number of aldehydes is 1. The second kappa shape index (κ2) is 24.1. The Kier molecular flexibility index (Phi) is 19.2. The van der Waals surface area contributed by atoms with Crippen molar-refractivity contribution in [2.24, 2.45) is 17.4 Å². The number of aromatic amines is 1. The smallest absolute Gasteiger partial charge is 0.243 e. The predicted octanol–water partition coefficient (Wildman–Crippen LogP) is -0.188. The molecule has 1 aliphatic rings. The Bertz CT molecular complexity index is 1480. The summed E-state index contributed by atoms with van der Waals surface area (Å²) in [7, 11) is 0.